The molecule has 2 aliphatic rings. The minimum absolute atomic E-state index is 0.0650. The number of carbonyl (C=O) groups excluding carboxylic acids is 1. The average molecular weight is 316 g/mol. The topological polar surface area (TPSA) is 41.6 Å². The molecule has 0 radical (unpaired) electrons. The molecule has 2 aliphatic heterocycles. The Labute approximate surface area is 139 Å². The van der Waals surface area contributed by atoms with Crippen LogP contribution >= 0.6 is 0 Å². The molecule has 1 aromatic carbocycles. The van der Waals surface area contributed by atoms with Crippen LogP contribution in [0.25, 0.3) is 0 Å². The summed E-state index contributed by atoms with van der Waals surface area (Å²) in [5, 5.41) is 3.12. The predicted molar refractivity (Wildman–Crippen MR) is 91.2 cm³/mol. The van der Waals surface area contributed by atoms with Crippen LogP contribution in [0.1, 0.15) is 37.8 Å². The predicted octanol–water partition coefficient (Wildman–Crippen LogP) is 2.36. The molecule has 0 aromatic heterocycles. The third-order valence-corrected chi connectivity index (χ3v) is 4.98. The van der Waals surface area contributed by atoms with Crippen LogP contribution < -0.4 is 5.32 Å². The lowest BCUT2D eigenvalue weighted by molar-refractivity contribution is -0.129. The highest BCUT2D eigenvalue weighted by molar-refractivity contribution is 5.82. The Bertz CT molecular complexity index is 538. The summed E-state index contributed by atoms with van der Waals surface area (Å²) in [6.07, 6.45) is 3.40. The first-order chi connectivity index (χ1) is 11.1. The van der Waals surface area contributed by atoms with Gasteiger partial charge in [0.1, 0.15) is 0 Å². The van der Waals surface area contributed by atoms with E-state index in [2.05, 4.69) is 48.3 Å². The summed E-state index contributed by atoms with van der Waals surface area (Å²) in [5.74, 6) is 0.444. The van der Waals surface area contributed by atoms with E-state index in [1.807, 2.05) is 0 Å². The summed E-state index contributed by atoms with van der Waals surface area (Å²) in [5.41, 5.74) is 2.78. The van der Waals surface area contributed by atoms with Gasteiger partial charge in [-0.25, -0.2) is 0 Å². The second-order valence-corrected chi connectivity index (χ2v) is 7.06. The second-order valence-electron chi connectivity index (χ2n) is 7.06. The minimum atomic E-state index is -0.0650. The van der Waals surface area contributed by atoms with Crippen LogP contribution in [0.15, 0.2) is 24.3 Å². The molecule has 1 amide bonds. The number of hydrogen-bond donors (Lipinski definition) is 1. The second kappa shape index (κ2) is 7.45. The summed E-state index contributed by atoms with van der Waals surface area (Å²) in [6.45, 7) is 7.57. The fourth-order valence-electron chi connectivity index (χ4n) is 3.77. The van der Waals surface area contributed by atoms with Gasteiger partial charge in [0.15, 0.2) is 0 Å². The SMILES string of the molecule is CC(C)C(C(=O)NCC1CCCO1)N1CCc2ccccc2C1. The van der Waals surface area contributed by atoms with Gasteiger partial charge in [-0.15, -0.1) is 0 Å². The third kappa shape index (κ3) is 3.93. The Morgan fingerprint density at radius 2 is 2.13 bits per heavy atom. The van der Waals surface area contributed by atoms with Crippen LogP contribution in [0, 0.1) is 5.92 Å². The molecule has 0 bridgehead atoms. The third-order valence-electron chi connectivity index (χ3n) is 4.98. The van der Waals surface area contributed by atoms with Gasteiger partial charge in [0, 0.05) is 26.2 Å². The zero-order valence-corrected chi connectivity index (χ0v) is 14.3. The van der Waals surface area contributed by atoms with Crippen LogP contribution in [0.3, 0.4) is 0 Å². The molecule has 2 heterocycles. The molecule has 0 spiro atoms. The quantitative estimate of drug-likeness (QED) is 0.907. The monoisotopic (exact) mass is 316 g/mol. The molecular weight excluding hydrogens is 288 g/mol. The number of nitrogens with zero attached hydrogens (tertiary/aromatic N) is 1. The number of carbonyl (C=O) groups is 1. The molecule has 4 nitrogen and oxygen atoms in total. The molecular formula is C19H28N2O2. The first-order valence-electron chi connectivity index (χ1n) is 8.85. The molecule has 1 N–H and O–H groups in total. The van der Waals surface area contributed by atoms with E-state index in [1.165, 1.54) is 11.1 Å². The molecule has 4 heteroatoms. The van der Waals surface area contributed by atoms with Crippen LogP contribution in [0.4, 0.5) is 0 Å². The van der Waals surface area contributed by atoms with Crippen molar-refractivity contribution in [2.75, 3.05) is 19.7 Å². The number of ether oxygens (including phenoxy) is 1. The van der Waals surface area contributed by atoms with E-state index >= 15 is 0 Å². The van der Waals surface area contributed by atoms with Crippen molar-refractivity contribution >= 4 is 5.91 Å². The number of benzene rings is 1. The molecule has 23 heavy (non-hydrogen) atoms. The van der Waals surface area contributed by atoms with Gasteiger partial charge in [0.2, 0.25) is 5.91 Å². The van der Waals surface area contributed by atoms with Gasteiger partial charge in [0.05, 0.1) is 12.1 Å². The average Bonchev–Trinajstić information content (AvgIpc) is 3.06. The van der Waals surface area contributed by atoms with E-state index in [0.29, 0.717) is 12.5 Å². The van der Waals surface area contributed by atoms with E-state index in [4.69, 9.17) is 4.74 Å². The fourth-order valence-corrected chi connectivity index (χ4v) is 3.77. The molecule has 2 atom stereocenters. The smallest absolute Gasteiger partial charge is 0.237 e. The highest BCUT2D eigenvalue weighted by atomic mass is 16.5. The van der Waals surface area contributed by atoms with Gasteiger partial charge < -0.3 is 10.1 Å². The standard InChI is InChI=1S/C19H28N2O2/c1-14(2)18(19(22)20-12-17-8-5-11-23-17)21-10-9-15-6-3-4-7-16(15)13-21/h3-4,6-7,14,17-18H,5,8-13H2,1-2H3,(H,20,22). The van der Waals surface area contributed by atoms with Crippen molar-refractivity contribution in [1.82, 2.24) is 10.2 Å². The highest BCUT2D eigenvalue weighted by Crippen LogP contribution is 2.23. The zero-order chi connectivity index (χ0) is 16.2. The molecule has 1 saturated heterocycles. The largest absolute Gasteiger partial charge is 0.376 e. The van der Waals surface area contributed by atoms with Crippen LogP contribution in [-0.2, 0) is 22.5 Å². The lowest BCUT2D eigenvalue weighted by Crippen LogP contribution is -2.52. The summed E-state index contributed by atoms with van der Waals surface area (Å²) >= 11 is 0. The molecule has 3 rings (SSSR count). The molecule has 126 valence electrons. The van der Waals surface area contributed by atoms with E-state index < -0.39 is 0 Å². The number of nitrogens with one attached hydrogen (secondary N) is 1. The van der Waals surface area contributed by atoms with Crippen molar-refractivity contribution in [3.05, 3.63) is 35.4 Å². The van der Waals surface area contributed by atoms with E-state index in [9.17, 15) is 4.79 Å². The molecule has 2 unspecified atom stereocenters. The van der Waals surface area contributed by atoms with Gasteiger partial charge in [-0.05, 0) is 36.3 Å². The number of amides is 1. The first kappa shape index (κ1) is 16.5. The number of rotatable bonds is 5. The Kier molecular flexibility index (Phi) is 5.34. The minimum Gasteiger partial charge on any atom is -0.376 e. The molecule has 0 aliphatic carbocycles. The molecule has 0 saturated carbocycles. The van der Waals surface area contributed by atoms with E-state index in [0.717, 1.165) is 39.0 Å². The molecule has 1 fully saturated rings. The zero-order valence-electron chi connectivity index (χ0n) is 14.3. The van der Waals surface area contributed by atoms with E-state index in [1.54, 1.807) is 0 Å². The Hall–Kier alpha value is -1.39. The lowest BCUT2D eigenvalue weighted by Gasteiger charge is -2.37. The summed E-state index contributed by atoms with van der Waals surface area (Å²) in [6, 6.07) is 8.51. The van der Waals surface area contributed by atoms with Crippen molar-refractivity contribution in [1.29, 1.82) is 0 Å². The lowest BCUT2D eigenvalue weighted by atomic mass is 9.94. The van der Waals surface area contributed by atoms with E-state index in [-0.39, 0.29) is 18.1 Å². The van der Waals surface area contributed by atoms with Crippen molar-refractivity contribution in [3.63, 3.8) is 0 Å². The normalized spacial score (nSPS) is 22.8. The van der Waals surface area contributed by atoms with Gasteiger partial charge >= 0.3 is 0 Å². The van der Waals surface area contributed by atoms with Crippen molar-refractivity contribution in [2.24, 2.45) is 5.92 Å². The van der Waals surface area contributed by atoms with Crippen molar-refractivity contribution < 1.29 is 9.53 Å². The van der Waals surface area contributed by atoms with Crippen LogP contribution in [0.2, 0.25) is 0 Å². The van der Waals surface area contributed by atoms with Crippen LogP contribution in [0.5, 0.6) is 0 Å². The van der Waals surface area contributed by atoms with Crippen LogP contribution in [-0.4, -0.2) is 42.6 Å². The maximum Gasteiger partial charge on any atom is 0.237 e. The maximum absolute atomic E-state index is 12.7. The fraction of sp³-hybridized carbons (Fsp3) is 0.632. The summed E-state index contributed by atoms with van der Waals surface area (Å²) in [4.78, 5) is 15.1. The highest BCUT2D eigenvalue weighted by Gasteiger charge is 2.31. The Morgan fingerprint density at radius 3 is 2.83 bits per heavy atom. The maximum atomic E-state index is 12.7. The number of hydrogen-bond acceptors (Lipinski definition) is 3. The number of fused-ring (bicyclic) bond motifs is 1. The van der Waals surface area contributed by atoms with Gasteiger partial charge in [-0.1, -0.05) is 38.1 Å². The Balaban J connectivity index is 1.63. The van der Waals surface area contributed by atoms with Gasteiger partial charge in [-0.2, -0.15) is 0 Å². The Morgan fingerprint density at radius 1 is 1.35 bits per heavy atom. The summed E-state index contributed by atoms with van der Waals surface area (Å²) < 4.78 is 5.61. The first-order valence-corrected chi connectivity index (χ1v) is 8.85. The van der Waals surface area contributed by atoms with Gasteiger partial charge in [0.25, 0.3) is 0 Å². The van der Waals surface area contributed by atoms with Gasteiger partial charge in [-0.3, -0.25) is 9.69 Å². The van der Waals surface area contributed by atoms with Crippen molar-refractivity contribution in [3.8, 4) is 0 Å². The summed E-state index contributed by atoms with van der Waals surface area (Å²) in [7, 11) is 0. The van der Waals surface area contributed by atoms with Crippen molar-refractivity contribution in [2.45, 2.75) is 51.8 Å². The molecule has 1 aromatic rings.